The van der Waals surface area contributed by atoms with Crippen LogP contribution in [-0.4, -0.2) is 6.18 Å². The Kier molecular flexibility index (Phi) is 3.14. The molecule has 0 aromatic heterocycles. The highest BCUT2D eigenvalue weighted by atomic mass is 19.4. The lowest BCUT2D eigenvalue weighted by Gasteiger charge is -2.16. The third kappa shape index (κ3) is 2.95. The summed E-state index contributed by atoms with van der Waals surface area (Å²) in [5.41, 5.74) is -0.0509. The number of hydrogen-bond acceptors (Lipinski definition) is 0. The highest BCUT2D eigenvalue weighted by Crippen LogP contribution is 2.33. The highest BCUT2D eigenvalue weighted by Gasteiger charge is 2.35. The van der Waals surface area contributed by atoms with E-state index in [0.29, 0.717) is 5.57 Å². The van der Waals surface area contributed by atoms with Gasteiger partial charge in [-0.05, 0) is 19.8 Å². The summed E-state index contributed by atoms with van der Waals surface area (Å²) in [6.45, 7) is 6.08. The van der Waals surface area contributed by atoms with Crippen molar-refractivity contribution in [1.29, 1.82) is 0 Å². The number of hydrogen-bond donors (Lipinski definition) is 0. The predicted octanol–water partition coefficient (Wildman–Crippen LogP) is 3.54. The Hall–Kier alpha value is -0.470. The Morgan fingerprint density at radius 2 is 1.45 bits per heavy atom. The van der Waals surface area contributed by atoms with Gasteiger partial charge in [-0.1, -0.05) is 19.4 Å². The fourth-order valence-corrected chi connectivity index (χ4v) is 1.19. The monoisotopic (exact) mass is 166 g/mol. The third-order valence-corrected chi connectivity index (χ3v) is 1.42. The molecule has 0 saturated heterocycles. The maximum atomic E-state index is 12.2. The van der Waals surface area contributed by atoms with E-state index in [1.54, 1.807) is 13.8 Å². The molecule has 0 spiro atoms. The van der Waals surface area contributed by atoms with Crippen LogP contribution in [0.15, 0.2) is 11.1 Å². The molecule has 0 aliphatic carbocycles. The molecule has 0 rings (SSSR count). The van der Waals surface area contributed by atoms with Crippen LogP contribution in [0.1, 0.15) is 27.7 Å². The first-order chi connectivity index (χ1) is 4.76. The molecule has 0 aliphatic rings. The molecule has 0 atom stereocenters. The van der Waals surface area contributed by atoms with E-state index < -0.39 is 17.7 Å². The van der Waals surface area contributed by atoms with Gasteiger partial charge < -0.3 is 0 Å². The van der Waals surface area contributed by atoms with Crippen LogP contribution in [0.3, 0.4) is 0 Å². The summed E-state index contributed by atoms with van der Waals surface area (Å²) >= 11 is 0. The smallest absolute Gasteiger partial charge is 0.166 e. The standard InChI is InChI=1S/C8H13F3/c1-5(2)7(6(3)4)8(9,10)11/h5H,1-4H3. The molecule has 0 heterocycles. The Labute approximate surface area is 65.1 Å². The first kappa shape index (κ1) is 10.5. The van der Waals surface area contributed by atoms with Crippen molar-refractivity contribution in [2.75, 3.05) is 0 Å². The van der Waals surface area contributed by atoms with Gasteiger partial charge in [-0.2, -0.15) is 13.2 Å². The molecular formula is C8H13F3. The second kappa shape index (κ2) is 3.28. The molecule has 0 fully saturated rings. The number of halogens is 3. The topological polar surface area (TPSA) is 0 Å². The molecule has 0 unspecified atom stereocenters. The van der Waals surface area contributed by atoms with Gasteiger partial charge in [0.25, 0.3) is 0 Å². The zero-order valence-corrected chi connectivity index (χ0v) is 7.21. The minimum Gasteiger partial charge on any atom is -0.166 e. The lowest BCUT2D eigenvalue weighted by Crippen LogP contribution is -2.17. The Balaban J connectivity index is 4.80. The predicted molar refractivity (Wildman–Crippen MR) is 39.3 cm³/mol. The van der Waals surface area contributed by atoms with Gasteiger partial charge in [-0.15, -0.1) is 0 Å². The second-order valence-electron chi connectivity index (χ2n) is 3.07. The summed E-state index contributed by atoms with van der Waals surface area (Å²) in [7, 11) is 0. The van der Waals surface area contributed by atoms with E-state index in [4.69, 9.17) is 0 Å². The number of allylic oxidation sites excluding steroid dienone is 2. The van der Waals surface area contributed by atoms with E-state index in [2.05, 4.69) is 0 Å². The van der Waals surface area contributed by atoms with Crippen LogP contribution in [0.2, 0.25) is 0 Å². The van der Waals surface area contributed by atoms with E-state index in [1.807, 2.05) is 0 Å². The Morgan fingerprint density at radius 1 is 1.09 bits per heavy atom. The van der Waals surface area contributed by atoms with Crippen molar-refractivity contribution in [3.05, 3.63) is 11.1 Å². The zero-order chi connectivity index (χ0) is 9.23. The molecule has 0 amide bonds. The molecule has 3 heteroatoms. The molecule has 0 N–H and O–H groups in total. The molecule has 0 radical (unpaired) electrons. The van der Waals surface area contributed by atoms with Gasteiger partial charge in [0.2, 0.25) is 0 Å². The lowest BCUT2D eigenvalue weighted by molar-refractivity contribution is -0.0985. The van der Waals surface area contributed by atoms with Crippen LogP contribution >= 0.6 is 0 Å². The van der Waals surface area contributed by atoms with Gasteiger partial charge in [0, 0.05) is 5.57 Å². The van der Waals surface area contributed by atoms with E-state index in [1.165, 1.54) is 13.8 Å². The van der Waals surface area contributed by atoms with E-state index >= 15 is 0 Å². The van der Waals surface area contributed by atoms with Crippen molar-refractivity contribution in [2.24, 2.45) is 5.92 Å². The van der Waals surface area contributed by atoms with Crippen molar-refractivity contribution in [2.45, 2.75) is 33.9 Å². The normalized spacial score (nSPS) is 12.0. The zero-order valence-electron chi connectivity index (χ0n) is 7.21. The minimum absolute atomic E-state index is 0.354. The lowest BCUT2D eigenvalue weighted by atomic mass is 9.98. The molecule has 0 aromatic carbocycles. The number of alkyl halides is 3. The van der Waals surface area contributed by atoms with Crippen LogP contribution in [0.5, 0.6) is 0 Å². The van der Waals surface area contributed by atoms with Crippen LogP contribution < -0.4 is 0 Å². The second-order valence-corrected chi connectivity index (χ2v) is 3.07. The van der Waals surface area contributed by atoms with Crippen LogP contribution in [0.25, 0.3) is 0 Å². The van der Waals surface area contributed by atoms with Crippen molar-refractivity contribution in [3.63, 3.8) is 0 Å². The highest BCUT2D eigenvalue weighted by molar-refractivity contribution is 5.17. The van der Waals surface area contributed by atoms with E-state index in [0.717, 1.165) is 0 Å². The largest absolute Gasteiger partial charge is 0.412 e. The molecule has 0 aromatic rings. The van der Waals surface area contributed by atoms with E-state index in [9.17, 15) is 13.2 Å². The Morgan fingerprint density at radius 3 is 1.45 bits per heavy atom. The summed E-state index contributed by atoms with van der Waals surface area (Å²) in [5.74, 6) is -0.444. The fourth-order valence-electron chi connectivity index (χ4n) is 1.19. The molecular weight excluding hydrogens is 153 g/mol. The van der Waals surface area contributed by atoms with E-state index in [-0.39, 0.29) is 0 Å². The van der Waals surface area contributed by atoms with Gasteiger partial charge in [0.1, 0.15) is 0 Å². The van der Waals surface area contributed by atoms with Gasteiger partial charge in [-0.25, -0.2) is 0 Å². The van der Waals surface area contributed by atoms with Crippen LogP contribution in [0.4, 0.5) is 13.2 Å². The van der Waals surface area contributed by atoms with Crippen molar-refractivity contribution >= 4 is 0 Å². The fraction of sp³-hybridized carbons (Fsp3) is 0.750. The quantitative estimate of drug-likeness (QED) is 0.522. The maximum absolute atomic E-state index is 12.2. The summed E-state index contributed by atoms with van der Waals surface area (Å²) < 4.78 is 36.5. The van der Waals surface area contributed by atoms with Gasteiger partial charge in [0.15, 0.2) is 0 Å². The molecule has 0 saturated carbocycles. The van der Waals surface area contributed by atoms with Crippen molar-refractivity contribution < 1.29 is 13.2 Å². The molecule has 0 aliphatic heterocycles. The first-order valence-corrected chi connectivity index (χ1v) is 3.51. The molecule has 0 nitrogen and oxygen atoms in total. The molecule has 0 bridgehead atoms. The SMILES string of the molecule is CC(C)=C(C(C)C)C(F)(F)F. The summed E-state index contributed by atoms with van der Waals surface area (Å²) in [6, 6.07) is 0. The Bertz CT molecular complexity index is 159. The third-order valence-electron chi connectivity index (χ3n) is 1.42. The van der Waals surface area contributed by atoms with Crippen molar-refractivity contribution in [1.82, 2.24) is 0 Å². The maximum Gasteiger partial charge on any atom is 0.412 e. The average Bonchev–Trinajstić information content (AvgIpc) is 1.54. The molecule has 66 valence electrons. The van der Waals surface area contributed by atoms with Crippen molar-refractivity contribution in [3.8, 4) is 0 Å². The summed E-state index contributed by atoms with van der Waals surface area (Å²) in [4.78, 5) is 0. The van der Waals surface area contributed by atoms with Crippen LogP contribution in [0, 0.1) is 5.92 Å². The molecule has 11 heavy (non-hydrogen) atoms. The summed E-state index contributed by atoms with van der Waals surface area (Å²) in [6.07, 6.45) is -4.16. The first-order valence-electron chi connectivity index (χ1n) is 3.51. The van der Waals surface area contributed by atoms with Gasteiger partial charge in [-0.3, -0.25) is 0 Å². The van der Waals surface area contributed by atoms with Gasteiger partial charge >= 0.3 is 6.18 Å². The minimum atomic E-state index is -4.16. The number of rotatable bonds is 1. The summed E-state index contributed by atoms with van der Waals surface area (Å²) in [5, 5.41) is 0. The van der Waals surface area contributed by atoms with Crippen LogP contribution in [-0.2, 0) is 0 Å². The average molecular weight is 166 g/mol. The van der Waals surface area contributed by atoms with Gasteiger partial charge in [0.05, 0.1) is 0 Å².